The molecule has 0 atom stereocenters. The molecule has 0 aromatic heterocycles. The summed E-state index contributed by atoms with van der Waals surface area (Å²) in [5, 5.41) is 3.00. The summed E-state index contributed by atoms with van der Waals surface area (Å²) in [6.45, 7) is 7.04. The number of hydrogen-bond acceptors (Lipinski definition) is 4. The number of aryl methyl sites for hydroxylation is 1. The van der Waals surface area contributed by atoms with Gasteiger partial charge in [-0.25, -0.2) is 4.79 Å². The number of anilines is 1. The van der Waals surface area contributed by atoms with Gasteiger partial charge in [0.15, 0.2) is 0 Å². The van der Waals surface area contributed by atoms with Crippen LogP contribution in [0.4, 0.5) is 10.5 Å². The van der Waals surface area contributed by atoms with Crippen molar-refractivity contribution in [3.8, 4) is 5.75 Å². The van der Waals surface area contributed by atoms with Crippen molar-refractivity contribution < 1.29 is 14.3 Å². The van der Waals surface area contributed by atoms with E-state index < -0.39 is 0 Å². The molecule has 0 aliphatic carbocycles. The maximum atomic E-state index is 12.7. The second-order valence-corrected chi connectivity index (χ2v) is 7.02. The zero-order valence-corrected chi connectivity index (χ0v) is 16.7. The number of ether oxygens (including phenoxy) is 2. The number of nitrogens with one attached hydrogen (secondary N) is 1. The van der Waals surface area contributed by atoms with E-state index in [2.05, 4.69) is 34.5 Å². The Hall–Kier alpha value is -2.57. The van der Waals surface area contributed by atoms with Gasteiger partial charge in [-0.2, -0.15) is 0 Å². The first-order valence-electron chi connectivity index (χ1n) is 9.70. The van der Waals surface area contributed by atoms with Gasteiger partial charge in [-0.15, -0.1) is 0 Å². The van der Waals surface area contributed by atoms with Crippen molar-refractivity contribution >= 4 is 11.7 Å². The van der Waals surface area contributed by atoms with E-state index in [0.717, 1.165) is 25.2 Å². The molecule has 1 saturated heterocycles. The summed E-state index contributed by atoms with van der Waals surface area (Å²) in [4.78, 5) is 17.0. The van der Waals surface area contributed by atoms with Gasteiger partial charge in [0.25, 0.3) is 0 Å². The molecule has 6 heteroatoms. The third-order valence-electron chi connectivity index (χ3n) is 4.83. The highest BCUT2D eigenvalue weighted by molar-refractivity contribution is 5.91. The molecule has 2 aromatic rings. The average Bonchev–Trinajstić information content (AvgIpc) is 2.71. The monoisotopic (exact) mass is 383 g/mol. The molecule has 1 heterocycles. The van der Waals surface area contributed by atoms with Crippen molar-refractivity contribution in [2.75, 3.05) is 51.8 Å². The van der Waals surface area contributed by atoms with Crippen molar-refractivity contribution in [3.05, 3.63) is 59.7 Å². The molecule has 1 fully saturated rings. The number of carbonyl (C=O) groups excluding carboxylic acids is 1. The molecule has 3 rings (SSSR count). The first-order valence-corrected chi connectivity index (χ1v) is 9.70. The zero-order valence-electron chi connectivity index (χ0n) is 16.7. The second-order valence-electron chi connectivity index (χ2n) is 7.02. The van der Waals surface area contributed by atoms with Crippen LogP contribution in [0.1, 0.15) is 11.1 Å². The van der Waals surface area contributed by atoms with Crippen LogP contribution in [-0.2, 0) is 11.3 Å². The lowest BCUT2D eigenvalue weighted by molar-refractivity contribution is 0.142. The molecule has 0 radical (unpaired) electrons. The van der Waals surface area contributed by atoms with Gasteiger partial charge in [0.1, 0.15) is 12.4 Å². The number of hydrogen-bond donors (Lipinski definition) is 1. The standard InChI is InChI=1S/C22H29N3O3/c1-18-8-9-20(21(16-18)28-15-14-27-2)23-22(26)25-12-10-24(11-13-25)17-19-6-4-3-5-7-19/h3-9,16H,10-15,17H2,1-2H3,(H,23,26). The lowest BCUT2D eigenvalue weighted by Gasteiger charge is -2.34. The summed E-state index contributed by atoms with van der Waals surface area (Å²) >= 11 is 0. The van der Waals surface area contributed by atoms with Gasteiger partial charge in [-0.3, -0.25) is 4.90 Å². The molecular formula is C22H29N3O3. The predicted octanol–water partition coefficient (Wildman–Crippen LogP) is 3.37. The molecule has 150 valence electrons. The highest BCUT2D eigenvalue weighted by Gasteiger charge is 2.22. The lowest BCUT2D eigenvalue weighted by Crippen LogP contribution is -2.49. The highest BCUT2D eigenvalue weighted by atomic mass is 16.5. The fraction of sp³-hybridized carbons (Fsp3) is 0.409. The molecule has 6 nitrogen and oxygen atoms in total. The van der Waals surface area contributed by atoms with Crippen molar-refractivity contribution in [1.82, 2.24) is 9.80 Å². The summed E-state index contributed by atoms with van der Waals surface area (Å²) in [6.07, 6.45) is 0. The number of amides is 2. The third kappa shape index (κ3) is 5.71. The maximum Gasteiger partial charge on any atom is 0.322 e. The van der Waals surface area contributed by atoms with E-state index in [1.807, 2.05) is 36.1 Å². The summed E-state index contributed by atoms with van der Waals surface area (Å²) < 4.78 is 10.8. The second kappa shape index (κ2) is 10.1. The van der Waals surface area contributed by atoms with Gasteiger partial charge < -0.3 is 19.7 Å². The number of benzene rings is 2. The molecule has 0 spiro atoms. The van der Waals surface area contributed by atoms with Crippen LogP contribution in [-0.4, -0.2) is 62.3 Å². The molecule has 0 saturated carbocycles. The average molecular weight is 383 g/mol. The van der Waals surface area contributed by atoms with Crippen LogP contribution < -0.4 is 10.1 Å². The van der Waals surface area contributed by atoms with E-state index in [4.69, 9.17) is 9.47 Å². The molecule has 0 bridgehead atoms. The van der Waals surface area contributed by atoms with Crippen LogP contribution in [0.5, 0.6) is 5.75 Å². The predicted molar refractivity (Wildman–Crippen MR) is 111 cm³/mol. The van der Waals surface area contributed by atoms with E-state index in [1.165, 1.54) is 5.56 Å². The molecule has 28 heavy (non-hydrogen) atoms. The normalized spacial score (nSPS) is 14.7. The molecule has 1 N–H and O–H groups in total. The van der Waals surface area contributed by atoms with Crippen molar-refractivity contribution in [3.63, 3.8) is 0 Å². The van der Waals surface area contributed by atoms with Gasteiger partial charge in [0, 0.05) is 39.8 Å². The Morgan fingerprint density at radius 1 is 1.04 bits per heavy atom. The van der Waals surface area contributed by atoms with Crippen LogP contribution >= 0.6 is 0 Å². The number of rotatable bonds is 7. The first-order chi connectivity index (χ1) is 13.7. The summed E-state index contributed by atoms with van der Waals surface area (Å²) in [7, 11) is 1.64. The Labute approximate surface area is 167 Å². The van der Waals surface area contributed by atoms with Crippen LogP contribution in [0, 0.1) is 6.92 Å². The third-order valence-corrected chi connectivity index (χ3v) is 4.83. The van der Waals surface area contributed by atoms with E-state index >= 15 is 0 Å². The van der Waals surface area contributed by atoms with Crippen LogP contribution in [0.2, 0.25) is 0 Å². The highest BCUT2D eigenvalue weighted by Crippen LogP contribution is 2.26. The first kappa shape index (κ1) is 20.2. The smallest absolute Gasteiger partial charge is 0.322 e. The van der Waals surface area contributed by atoms with Crippen molar-refractivity contribution in [1.29, 1.82) is 0 Å². The summed E-state index contributed by atoms with van der Waals surface area (Å²) in [6, 6.07) is 16.1. The molecule has 2 amide bonds. The minimum absolute atomic E-state index is 0.0835. The Morgan fingerprint density at radius 3 is 2.50 bits per heavy atom. The van der Waals surface area contributed by atoms with Crippen molar-refractivity contribution in [2.45, 2.75) is 13.5 Å². The number of carbonyl (C=O) groups is 1. The molecule has 1 aliphatic heterocycles. The molecule has 1 aliphatic rings. The van der Waals surface area contributed by atoms with Gasteiger partial charge >= 0.3 is 6.03 Å². The van der Waals surface area contributed by atoms with Crippen molar-refractivity contribution in [2.24, 2.45) is 0 Å². The Kier molecular flexibility index (Phi) is 7.28. The van der Waals surface area contributed by atoms with E-state index in [0.29, 0.717) is 37.7 Å². The molecule has 2 aromatic carbocycles. The Morgan fingerprint density at radius 2 is 1.79 bits per heavy atom. The summed E-state index contributed by atoms with van der Waals surface area (Å²) in [5.41, 5.74) is 3.08. The van der Waals surface area contributed by atoms with E-state index in [-0.39, 0.29) is 6.03 Å². The van der Waals surface area contributed by atoms with Crippen LogP contribution in [0.25, 0.3) is 0 Å². The minimum atomic E-state index is -0.0835. The number of urea groups is 1. The molecular weight excluding hydrogens is 354 g/mol. The zero-order chi connectivity index (χ0) is 19.8. The lowest BCUT2D eigenvalue weighted by atomic mass is 10.2. The Bertz CT molecular complexity index is 759. The number of nitrogens with zero attached hydrogens (tertiary/aromatic N) is 2. The van der Waals surface area contributed by atoms with E-state index in [9.17, 15) is 4.79 Å². The fourth-order valence-corrected chi connectivity index (χ4v) is 3.23. The SMILES string of the molecule is COCCOc1cc(C)ccc1NC(=O)N1CCN(Cc2ccccc2)CC1. The van der Waals surface area contributed by atoms with Gasteiger partial charge in [0.2, 0.25) is 0 Å². The maximum absolute atomic E-state index is 12.7. The van der Waals surface area contributed by atoms with Crippen LogP contribution in [0.3, 0.4) is 0 Å². The van der Waals surface area contributed by atoms with Gasteiger partial charge in [-0.1, -0.05) is 36.4 Å². The summed E-state index contributed by atoms with van der Waals surface area (Å²) in [5.74, 6) is 0.674. The molecule has 0 unspecified atom stereocenters. The number of piperazine rings is 1. The minimum Gasteiger partial charge on any atom is -0.489 e. The topological polar surface area (TPSA) is 54.0 Å². The fourth-order valence-electron chi connectivity index (χ4n) is 3.23. The largest absolute Gasteiger partial charge is 0.489 e. The van der Waals surface area contributed by atoms with Crippen LogP contribution in [0.15, 0.2) is 48.5 Å². The number of methoxy groups -OCH3 is 1. The van der Waals surface area contributed by atoms with E-state index in [1.54, 1.807) is 7.11 Å². The quantitative estimate of drug-likeness (QED) is 0.745. The van der Waals surface area contributed by atoms with Gasteiger partial charge in [-0.05, 0) is 30.2 Å². The Balaban J connectivity index is 1.53. The van der Waals surface area contributed by atoms with Gasteiger partial charge in [0.05, 0.1) is 12.3 Å².